The van der Waals surface area contributed by atoms with Crippen LogP contribution >= 0.6 is 0 Å². The molecule has 1 aliphatic rings. The van der Waals surface area contributed by atoms with E-state index in [1.807, 2.05) is 12.3 Å². The minimum absolute atomic E-state index is 0.429. The van der Waals surface area contributed by atoms with Crippen LogP contribution in [0.15, 0.2) is 18.3 Å². The largest absolute Gasteiger partial charge is 0.378 e. The number of pyridine rings is 1. The maximum absolute atomic E-state index is 5.66. The Kier molecular flexibility index (Phi) is 3.78. The topological polar surface area (TPSA) is 34.1 Å². The maximum Gasteiger partial charge on any atom is 0.125 e. The average Bonchev–Trinajstić information content (AvgIpc) is 2.76. The molecule has 0 amide bonds. The fraction of sp³-hybridized carbons (Fsp3) is 0.615. The molecular weight excluding hydrogens is 200 g/mol. The molecule has 2 rings (SSSR count). The number of hydrogen-bond acceptors (Lipinski definition) is 3. The van der Waals surface area contributed by atoms with E-state index in [9.17, 15) is 0 Å². The molecule has 16 heavy (non-hydrogen) atoms. The van der Waals surface area contributed by atoms with Gasteiger partial charge < -0.3 is 10.1 Å². The molecule has 0 saturated carbocycles. The number of nitrogens with one attached hydrogen (secondary N) is 1. The fourth-order valence-electron chi connectivity index (χ4n) is 2.19. The molecule has 2 unspecified atom stereocenters. The van der Waals surface area contributed by atoms with Crippen molar-refractivity contribution in [3.63, 3.8) is 0 Å². The number of nitrogens with zero attached hydrogens (tertiary/aromatic N) is 1. The Bertz CT molecular complexity index is 323. The van der Waals surface area contributed by atoms with Gasteiger partial charge in [0.1, 0.15) is 5.82 Å². The van der Waals surface area contributed by atoms with E-state index in [-0.39, 0.29) is 0 Å². The molecule has 0 bridgehead atoms. The number of aryl methyl sites for hydroxylation is 1. The summed E-state index contributed by atoms with van der Waals surface area (Å²) in [5, 5.41) is 3.39. The van der Waals surface area contributed by atoms with Gasteiger partial charge >= 0.3 is 0 Å². The Labute approximate surface area is 97.2 Å². The van der Waals surface area contributed by atoms with E-state index >= 15 is 0 Å². The molecule has 0 spiro atoms. The lowest BCUT2D eigenvalue weighted by Gasteiger charge is -2.17. The van der Waals surface area contributed by atoms with Crippen LogP contribution in [-0.4, -0.2) is 24.2 Å². The summed E-state index contributed by atoms with van der Waals surface area (Å²) >= 11 is 0. The smallest absolute Gasteiger partial charge is 0.125 e. The summed E-state index contributed by atoms with van der Waals surface area (Å²) < 4.78 is 5.66. The first-order valence-corrected chi connectivity index (χ1v) is 6.07. The second kappa shape index (κ2) is 5.30. The lowest BCUT2D eigenvalue weighted by molar-refractivity contribution is 0.0900. The highest BCUT2D eigenvalue weighted by Gasteiger charge is 2.26. The highest BCUT2D eigenvalue weighted by molar-refractivity contribution is 5.35. The molecule has 2 atom stereocenters. The molecule has 88 valence electrons. The van der Waals surface area contributed by atoms with Gasteiger partial charge in [-0.3, -0.25) is 0 Å². The molecule has 0 aromatic carbocycles. The van der Waals surface area contributed by atoms with E-state index in [0.717, 1.165) is 31.8 Å². The predicted molar refractivity (Wildman–Crippen MR) is 65.6 cm³/mol. The summed E-state index contributed by atoms with van der Waals surface area (Å²) in [5.41, 5.74) is 1.20. The monoisotopic (exact) mass is 220 g/mol. The van der Waals surface area contributed by atoms with Crippen molar-refractivity contribution in [3.05, 3.63) is 23.9 Å². The molecule has 0 aliphatic carbocycles. The van der Waals surface area contributed by atoms with E-state index in [0.29, 0.717) is 12.0 Å². The Morgan fingerprint density at radius 1 is 1.50 bits per heavy atom. The fourth-order valence-corrected chi connectivity index (χ4v) is 2.19. The summed E-state index contributed by atoms with van der Waals surface area (Å²) in [6.45, 7) is 6.11. The van der Waals surface area contributed by atoms with Crippen LogP contribution < -0.4 is 5.32 Å². The minimum Gasteiger partial charge on any atom is -0.378 e. The zero-order chi connectivity index (χ0) is 11.4. The average molecular weight is 220 g/mol. The van der Waals surface area contributed by atoms with Crippen molar-refractivity contribution in [2.75, 3.05) is 18.5 Å². The molecule has 1 aromatic heterocycles. The first kappa shape index (κ1) is 11.4. The number of hydrogen-bond donors (Lipinski definition) is 1. The molecule has 1 aromatic rings. The van der Waals surface area contributed by atoms with Crippen LogP contribution in [0, 0.1) is 12.8 Å². The molecule has 1 saturated heterocycles. The number of ether oxygens (including phenoxy) is 1. The predicted octanol–water partition coefficient (Wildman–Crippen LogP) is 2.62. The van der Waals surface area contributed by atoms with E-state index in [2.05, 4.69) is 30.2 Å². The zero-order valence-electron chi connectivity index (χ0n) is 10.1. The normalized spacial score (nSPS) is 24.6. The highest BCUT2D eigenvalue weighted by Crippen LogP contribution is 2.23. The third-order valence-corrected chi connectivity index (χ3v) is 3.21. The third-order valence-electron chi connectivity index (χ3n) is 3.21. The summed E-state index contributed by atoms with van der Waals surface area (Å²) in [7, 11) is 0. The first-order valence-electron chi connectivity index (χ1n) is 6.07. The summed E-state index contributed by atoms with van der Waals surface area (Å²) in [4.78, 5) is 4.34. The van der Waals surface area contributed by atoms with E-state index in [1.54, 1.807) is 0 Å². The quantitative estimate of drug-likeness (QED) is 0.847. The molecule has 1 aliphatic heterocycles. The molecule has 3 heteroatoms. The van der Waals surface area contributed by atoms with Crippen LogP contribution in [0.4, 0.5) is 5.82 Å². The second-order valence-electron chi connectivity index (χ2n) is 4.47. The molecule has 2 heterocycles. The van der Waals surface area contributed by atoms with Gasteiger partial charge in [0.05, 0.1) is 6.10 Å². The van der Waals surface area contributed by atoms with Crippen molar-refractivity contribution in [2.45, 2.75) is 32.8 Å². The maximum atomic E-state index is 5.66. The van der Waals surface area contributed by atoms with Crippen molar-refractivity contribution in [1.82, 2.24) is 4.98 Å². The first-order chi connectivity index (χ1) is 7.79. The summed E-state index contributed by atoms with van der Waals surface area (Å²) in [6, 6.07) is 4.11. The SMILES string of the molecule is CCC1OCCC1CNc1ccc(C)cn1. The van der Waals surface area contributed by atoms with Crippen LogP contribution in [0.2, 0.25) is 0 Å². The van der Waals surface area contributed by atoms with E-state index < -0.39 is 0 Å². The van der Waals surface area contributed by atoms with Crippen LogP contribution in [-0.2, 0) is 4.74 Å². The van der Waals surface area contributed by atoms with Crippen LogP contribution in [0.25, 0.3) is 0 Å². The minimum atomic E-state index is 0.429. The lowest BCUT2D eigenvalue weighted by atomic mass is 10.00. The van der Waals surface area contributed by atoms with Crippen LogP contribution in [0.1, 0.15) is 25.3 Å². The third kappa shape index (κ3) is 2.73. The molecular formula is C13H20N2O. The van der Waals surface area contributed by atoms with E-state index in [4.69, 9.17) is 4.74 Å². The highest BCUT2D eigenvalue weighted by atomic mass is 16.5. The van der Waals surface area contributed by atoms with Gasteiger partial charge in [-0.1, -0.05) is 13.0 Å². The molecule has 0 radical (unpaired) electrons. The summed E-state index contributed by atoms with van der Waals surface area (Å²) in [6.07, 6.45) is 4.59. The Hall–Kier alpha value is -1.09. The number of anilines is 1. The summed E-state index contributed by atoms with van der Waals surface area (Å²) in [5.74, 6) is 1.60. The van der Waals surface area contributed by atoms with Crippen LogP contribution in [0.3, 0.4) is 0 Å². The van der Waals surface area contributed by atoms with Gasteiger partial charge in [-0.2, -0.15) is 0 Å². The molecule has 1 fully saturated rings. The van der Waals surface area contributed by atoms with Crippen molar-refractivity contribution < 1.29 is 4.74 Å². The van der Waals surface area contributed by atoms with Crippen LogP contribution in [0.5, 0.6) is 0 Å². The molecule has 3 nitrogen and oxygen atoms in total. The standard InChI is InChI=1S/C13H20N2O/c1-3-12-11(6-7-16-12)9-15-13-5-4-10(2)8-14-13/h4-5,8,11-12H,3,6-7,9H2,1-2H3,(H,14,15). The van der Waals surface area contributed by atoms with Crippen molar-refractivity contribution in [3.8, 4) is 0 Å². The number of rotatable bonds is 4. The number of aromatic nitrogens is 1. The van der Waals surface area contributed by atoms with Gasteiger partial charge in [0.25, 0.3) is 0 Å². The Balaban J connectivity index is 1.85. The van der Waals surface area contributed by atoms with Gasteiger partial charge in [0.15, 0.2) is 0 Å². The van der Waals surface area contributed by atoms with Crippen molar-refractivity contribution in [2.24, 2.45) is 5.92 Å². The Morgan fingerprint density at radius 2 is 2.38 bits per heavy atom. The molecule has 1 N–H and O–H groups in total. The zero-order valence-corrected chi connectivity index (χ0v) is 10.1. The second-order valence-corrected chi connectivity index (χ2v) is 4.47. The van der Waals surface area contributed by atoms with Gasteiger partial charge in [0.2, 0.25) is 0 Å². The van der Waals surface area contributed by atoms with E-state index in [1.165, 1.54) is 5.56 Å². The van der Waals surface area contributed by atoms with Gasteiger partial charge in [-0.15, -0.1) is 0 Å². The Morgan fingerprint density at radius 3 is 3.06 bits per heavy atom. The van der Waals surface area contributed by atoms with Crippen molar-refractivity contribution >= 4 is 5.82 Å². The van der Waals surface area contributed by atoms with Gasteiger partial charge in [-0.25, -0.2) is 4.98 Å². The van der Waals surface area contributed by atoms with Gasteiger partial charge in [-0.05, 0) is 31.4 Å². The lowest BCUT2D eigenvalue weighted by Crippen LogP contribution is -2.23. The van der Waals surface area contributed by atoms with Crippen molar-refractivity contribution in [1.29, 1.82) is 0 Å². The van der Waals surface area contributed by atoms with Gasteiger partial charge in [0, 0.05) is 25.3 Å².